The molecule has 3 unspecified atom stereocenters. The fourth-order valence-corrected chi connectivity index (χ4v) is 5.40. The van der Waals surface area contributed by atoms with Crippen LogP contribution >= 0.6 is 23.1 Å². The molecule has 0 radical (unpaired) electrons. The number of carbonyl (C=O) groups is 4. The van der Waals surface area contributed by atoms with Gasteiger partial charge >= 0.3 is 12.1 Å². The Morgan fingerprint density at radius 1 is 1.50 bits per heavy atom. The van der Waals surface area contributed by atoms with E-state index in [0.29, 0.717) is 0 Å². The van der Waals surface area contributed by atoms with Gasteiger partial charge < -0.3 is 35.4 Å². The lowest BCUT2D eigenvalue weighted by Gasteiger charge is -2.53. The van der Waals surface area contributed by atoms with Crippen LogP contribution in [0.1, 0.15) is 19.5 Å². The van der Waals surface area contributed by atoms with Crippen molar-refractivity contribution in [3.8, 4) is 0 Å². The Morgan fingerprint density at radius 3 is 2.82 bits per heavy atom. The molecule has 2 saturated heterocycles. The molecule has 1 aromatic rings. The van der Waals surface area contributed by atoms with E-state index in [0.717, 1.165) is 11.3 Å². The molecule has 15 heteroatoms. The molecule has 3 rings (SSSR count). The highest BCUT2D eigenvalue weighted by molar-refractivity contribution is 8.00. The molecule has 2 fully saturated rings. The zero-order chi connectivity index (χ0) is 25.0. The van der Waals surface area contributed by atoms with Crippen molar-refractivity contribution >= 4 is 57.9 Å². The van der Waals surface area contributed by atoms with Crippen molar-refractivity contribution in [1.29, 1.82) is 0 Å². The highest BCUT2D eigenvalue weighted by Gasteiger charge is 2.57. The van der Waals surface area contributed by atoms with Crippen LogP contribution in [0, 0.1) is 5.41 Å². The fourth-order valence-electron chi connectivity index (χ4n) is 3.32. The first-order valence-electron chi connectivity index (χ1n) is 10.00. The molecular weight excluding hydrogens is 490 g/mol. The Hall–Kier alpha value is -3.33. The second-order valence-corrected chi connectivity index (χ2v) is 9.27. The van der Waals surface area contributed by atoms with Crippen molar-refractivity contribution in [3.05, 3.63) is 23.7 Å². The highest BCUT2D eigenvalue weighted by Crippen LogP contribution is 2.43. The van der Waals surface area contributed by atoms with Crippen LogP contribution in [0.4, 0.5) is 9.93 Å². The summed E-state index contributed by atoms with van der Waals surface area (Å²) in [5.41, 5.74) is 4.01. The number of thioether (sulfide) groups is 1. The molecule has 3 heterocycles. The summed E-state index contributed by atoms with van der Waals surface area (Å²) in [6.07, 6.45) is -0.796. The SMILES string of the molecule is C=CC1(C(=O)OC(C)OC(=O)OCC)CS[C@@H]2C(NC(=O)C(=NO)c3csc(N)n3)C(=O)N2C1. The monoisotopic (exact) mass is 513 g/mol. The van der Waals surface area contributed by atoms with Crippen LogP contribution < -0.4 is 11.1 Å². The molecule has 1 aromatic heterocycles. The zero-order valence-corrected chi connectivity index (χ0v) is 19.9. The summed E-state index contributed by atoms with van der Waals surface area (Å²) >= 11 is 2.31. The number of rotatable bonds is 8. The van der Waals surface area contributed by atoms with Gasteiger partial charge in [0.25, 0.3) is 5.91 Å². The molecule has 2 amide bonds. The Morgan fingerprint density at radius 2 is 2.24 bits per heavy atom. The number of fused-ring (bicyclic) bond motifs is 1. The maximum absolute atomic E-state index is 12.8. The summed E-state index contributed by atoms with van der Waals surface area (Å²) in [7, 11) is 0. The van der Waals surface area contributed by atoms with E-state index < -0.39 is 47.1 Å². The summed E-state index contributed by atoms with van der Waals surface area (Å²) in [6.45, 7) is 6.74. The summed E-state index contributed by atoms with van der Waals surface area (Å²) in [5, 5.41) is 15.9. The lowest BCUT2D eigenvalue weighted by Crippen LogP contribution is -2.74. The quantitative estimate of drug-likeness (QED) is 0.0838. The van der Waals surface area contributed by atoms with E-state index in [1.54, 1.807) is 6.92 Å². The van der Waals surface area contributed by atoms with E-state index in [-0.39, 0.29) is 35.4 Å². The van der Waals surface area contributed by atoms with E-state index in [9.17, 15) is 24.4 Å². The van der Waals surface area contributed by atoms with Gasteiger partial charge in [-0.2, -0.15) is 0 Å². The third kappa shape index (κ3) is 4.94. The van der Waals surface area contributed by atoms with Crippen LogP contribution in [0.25, 0.3) is 0 Å². The van der Waals surface area contributed by atoms with E-state index in [1.165, 1.54) is 35.0 Å². The summed E-state index contributed by atoms with van der Waals surface area (Å²) in [4.78, 5) is 54.8. The van der Waals surface area contributed by atoms with Crippen LogP contribution in [-0.4, -0.2) is 81.4 Å². The molecule has 2 aliphatic heterocycles. The predicted molar refractivity (Wildman–Crippen MR) is 121 cm³/mol. The minimum Gasteiger partial charge on any atom is -0.435 e. The molecule has 13 nitrogen and oxygen atoms in total. The molecule has 4 N–H and O–H groups in total. The topological polar surface area (TPSA) is 183 Å². The number of ether oxygens (including phenoxy) is 3. The van der Waals surface area contributed by atoms with Gasteiger partial charge in [-0.25, -0.2) is 9.78 Å². The van der Waals surface area contributed by atoms with Gasteiger partial charge in [-0.15, -0.1) is 29.7 Å². The second-order valence-electron chi connectivity index (χ2n) is 7.27. The van der Waals surface area contributed by atoms with E-state index >= 15 is 0 Å². The van der Waals surface area contributed by atoms with Gasteiger partial charge in [-0.05, 0) is 6.92 Å². The molecule has 2 aliphatic rings. The van der Waals surface area contributed by atoms with Crippen molar-refractivity contribution in [2.45, 2.75) is 31.6 Å². The third-order valence-electron chi connectivity index (χ3n) is 5.07. The largest absolute Gasteiger partial charge is 0.511 e. The number of aromatic nitrogens is 1. The number of oxime groups is 1. The van der Waals surface area contributed by atoms with Crippen LogP contribution in [0.5, 0.6) is 0 Å². The minimum atomic E-state index is -1.24. The fraction of sp³-hybridized carbons (Fsp3) is 0.474. The molecule has 0 aromatic carbocycles. The smallest absolute Gasteiger partial charge is 0.435 e. The summed E-state index contributed by atoms with van der Waals surface area (Å²) < 4.78 is 14.7. The summed E-state index contributed by atoms with van der Waals surface area (Å²) in [5.74, 6) is -1.75. The van der Waals surface area contributed by atoms with Crippen LogP contribution in [-0.2, 0) is 28.6 Å². The molecule has 34 heavy (non-hydrogen) atoms. The van der Waals surface area contributed by atoms with Crippen molar-refractivity contribution in [2.24, 2.45) is 10.6 Å². The molecule has 0 spiro atoms. The molecule has 0 bridgehead atoms. The van der Waals surface area contributed by atoms with Gasteiger partial charge in [0.2, 0.25) is 12.2 Å². The van der Waals surface area contributed by atoms with Gasteiger partial charge in [-0.1, -0.05) is 11.2 Å². The van der Waals surface area contributed by atoms with E-state index in [1.807, 2.05) is 0 Å². The number of nitrogens with two attached hydrogens (primary N) is 1. The van der Waals surface area contributed by atoms with Gasteiger partial charge in [0, 0.05) is 24.6 Å². The highest BCUT2D eigenvalue weighted by atomic mass is 32.2. The lowest BCUT2D eigenvalue weighted by molar-refractivity contribution is -0.179. The van der Waals surface area contributed by atoms with Crippen LogP contribution in [0.3, 0.4) is 0 Å². The molecule has 184 valence electrons. The zero-order valence-electron chi connectivity index (χ0n) is 18.3. The number of esters is 1. The molecule has 0 aliphatic carbocycles. The number of hydrogen-bond donors (Lipinski definition) is 3. The van der Waals surface area contributed by atoms with Gasteiger partial charge in [0.15, 0.2) is 10.8 Å². The van der Waals surface area contributed by atoms with Gasteiger partial charge in [0.1, 0.15) is 22.5 Å². The first kappa shape index (κ1) is 25.3. The number of hydrogen-bond acceptors (Lipinski definition) is 13. The number of nitrogens with zero attached hydrogens (tertiary/aromatic N) is 3. The van der Waals surface area contributed by atoms with Crippen LogP contribution in [0.15, 0.2) is 23.2 Å². The maximum Gasteiger partial charge on any atom is 0.511 e. The van der Waals surface area contributed by atoms with Crippen LogP contribution in [0.2, 0.25) is 0 Å². The molecule has 0 saturated carbocycles. The Bertz CT molecular complexity index is 1030. The van der Waals surface area contributed by atoms with Gasteiger partial charge in [-0.3, -0.25) is 14.4 Å². The Labute approximate surface area is 202 Å². The minimum absolute atomic E-state index is 0.0338. The number of anilines is 1. The van der Waals surface area contributed by atoms with Crippen molar-refractivity contribution in [1.82, 2.24) is 15.2 Å². The number of thiazole rings is 1. The predicted octanol–water partition coefficient (Wildman–Crippen LogP) is 0.538. The lowest BCUT2D eigenvalue weighted by atomic mass is 9.87. The first-order valence-corrected chi connectivity index (χ1v) is 11.9. The number of β-lactam (4-membered cyclic amide) rings is 1. The van der Waals surface area contributed by atoms with Crippen molar-refractivity contribution in [3.63, 3.8) is 0 Å². The van der Waals surface area contributed by atoms with Gasteiger partial charge in [0.05, 0.1) is 6.61 Å². The maximum atomic E-state index is 12.8. The first-order chi connectivity index (χ1) is 16.2. The normalized spacial score (nSPS) is 24.8. The second kappa shape index (κ2) is 10.3. The van der Waals surface area contributed by atoms with E-state index in [4.69, 9.17) is 15.2 Å². The molecule has 4 atom stereocenters. The third-order valence-corrected chi connectivity index (χ3v) is 7.29. The van der Waals surface area contributed by atoms with E-state index in [2.05, 4.69) is 26.8 Å². The average Bonchev–Trinajstić information content (AvgIpc) is 3.22. The number of nitrogen functional groups attached to an aromatic ring is 1. The Kier molecular flexibility index (Phi) is 7.66. The Balaban J connectivity index is 1.61. The number of nitrogens with one attached hydrogen (secondary N) is 1. The molecular formula is C19H23N5O8S2. The number of amides is 2. The van der Waals surface area contributed by atoms with Crippen molar-refractivity contribution in [2.75, 3.05) is 24.6 Å². The standard InChI is InChI=1S/C19H23N5O8S2/c1-4-19(16(27)31-9(3)32-18(28)30-5-2)7-24-14(26)12(15(24)34-8-19)22-13(25)11(23-29)10-6-33-17(20)21-10/h4,6,9,12,15,29H,1,5,7-8H2,2-3H3,(H2,20,21)(H,22,25)/t9?,12?,15-,19?/m1/s1. The summed E-state index contributed by atoms with van der Waals surface area (Å²) in [6, 6.07) is -0.893. The number of carbonyl (C=O) groups excluding carboxylic acids is 4. The van der Waals surface area contributed by atoms with Crippen molar-refractivity contribution < 1.29 is 38.6 Å². The average molecular weight is 514 g/mol.